The average Bonchev–Trinajstić information content (AvgIpc) is 3.32. The van der Waals surface area contributed by atoms with Crippen LogP contribution in [0.5, 0.6) is 0 Å². The minimum absolute atomic E-state index is 0.0105. The second-order valence-electron chi connectivity index (χ2n) is 7.17. The summed E-state index contributed by atoms with van der Waals surface area (Å²) in [6, 6.07) is 10.5. The first-order valence-corrected chi connectivity index (χ1v) is 10.3. The van der Waals surface area contributed by atoms with Crippen LogP contribution in [0.3, 0.4) is 0 Å². The third-order valence-electron chi connectivity index (χ3n) is 4.22. The summed E-state index contributed by atoms with van der Waals surface area (Å²) < 4.78 is 7.46. The molecule has 0 saturated carbocycles. The van der Waals surface area contributed by atoms with E-state index < -0.39 is 0 Å². The van der Waals surface area contributed by atoms with Crippen LogP contribution in [0.25, 0.3) is 11.6 Å². The number of anilines is 1. The van der Waals surface area contributed by atoms with E-state index in [9.17, 15) is 9.59 Å². The predicted molar refractivity (Wildman–Crippen MR) is 113 cm³/mol. The lowest BCUT2D eigenvalue weighted by molar-refractivity contribution is -0.115. The number of thioether (sulfide) groups is 1. The Morgan fingerprint density at radius 1 is 1.14 bits per heavy atom. The predicted octanol–water partition coefficient (Wildman–Crippen LogP) is 4.52. The number of benzene rings is 1. The zero-order valence-electron chi connectivity index (χ0n) is 16.9. The van der Waals surface area contributed by atoms with Gasteiger partial charge in [0.25, 0.3) is 0 Å². The number of nitrogens with zero attached hydrogens (tertiary/aromatic N) is 3. The Morgan fingerprint density at radius 3 is 2.45 bits per heavy atom. The third kappa shape index (κ3) is 5.14. The van der Waals surface area contributed by atoms with Crippen LogP contribution in [0, 0.1) is 5.92 Å². The molecule has 152 valence electrons. The average molecular weight is 413 g/mol. The number of aromatic nitrogens is 3. The van der Waals surface area contributed by atoms with Gasteiger partial charge in [-0.2, -0.15) is 0 Å². The lowest BCUT2D eigenvalue weighted by Gasteiger charge is -2.14. The molecule has 0 aliphatic carbocycles. The molecule has 0 aliphatic rings. The Labute approximate surface area is 173 Å². The van der Waals surface area contributed by atoms with Gasteiger partial charge in [0, 0.05) is 17.8 Å². The van der Waals surface area contributed by atoms with Crippen LogP contribution < -0.4 is 5.32 Å². The summed E-state index contributed by atoms with van der Waals surface area (Å²) >= 11 is 1.35. The molecule has 1 aromatic carbocycles. The van der Waals surface area contributed by atoms with Crippen molar-refractivity contribution in [3.63, 3.8) is 0 Å². The van der Waals surface area contributed by atoms with E-state index in [2.05, 4.69) is 29.4 Å². The number of amides is 1. The van der Waals surface area contributed by atoms with Gasteiger partial charge in [-0.05, 0) is 56.2 Å². The Morgan fingerprint density at radius 2 is 1.86 bits per heavy atom. The maximum absolute atomic E-state index is 12.6. The number of rotatable bonds is 8. The van der Waals surface area contributed by atoms with E-state index in [1.54, 1.807) is 30.5 Å². The number of carbonyl (C=O) groups excluding carboxylic acids is 2. The molecule has 1 amide bonds. The first-order valence-electron chi connectivity index (χ1n) is 9.40. The minimum Gasteiger partial charge on any atom is -0.461 e. The van der Waals surface area contributed by atoms with E-state index in [4.69, 9.17) is 4.42 Å². The van der Waals surface area contributed by atoms with Crippen LogP contribution in [0.1, 0.15) is 38.1 Å². The molecule has 1 atom stereocenters. The molecule has 0 bridgehead atoms. The summed E-state index contributed by atoms with van der Waals surface area (Å²) in [5, 5.41) is 11.7. The van der Waals surface area contributed by atoms with Gasteiger partial charge in [-0.1, -0.05) is 25.6 Å². The fourth-order valence-corrected chi connectivity index (χ4v) is 3.60. The van der Waals surface area contributed by atoms with Crippen molar-refractivity contribution in [1.82, 2.24) is 14.8 Å². The fraction of sp³-hybridized carbons (Fsp3) is 0.333. The van der Waals surface area contributed by atoms with Crippen molar-refractivity contribution in [3.05, 3.63) is 48.2 Å². The fourth-order valence-electron chi connectivity index (χ4n) is 2.74. The van der Waals surface area contributed by atoms with Gasteiger partial charge in [0.05, 0.1) is 11.5 Å². The Bertz CT molecular complexity index is 978. The van der Waals surface area contributed by atoms with Gasteiger partial charge in [-0.3, -0.25) is 14.2 Å². The number of Topliss-reactive ketones (excluding diaryl/α,β-unsaturated/α-hetero) is 1. The van der Waals surface area contributed by atoms with Gasteiger partial charge in [0.15, 0.2) is 22.5 Å². The summed E-state index contributed by atoms with van der Waals surface area (Å²) in [5.41, 5.74) is 1.25. The van der Waals surface area contributed by atoms with Crippen molar-refractivity contribution >= 4 is 29.1 Å². The highest BCUT2D eigenvalue weighted by atomic mass is 32.2. The Balaban J connectivity index is 1.73. The van der Waals surface area contributed by atoms with Crippen LogP contribution in [0.2, 0.25) is 0 Å². The Kier molecular flexibility index (Phi) is 6.53. The van der Waals surface area contributed by atoms with Gasteiger partial charge < -0.3 is 9.73 Å². The smallest absolute Gasteiger partial charge is 0.237 e. The van der Waals surface area contributed by atoms with Crippen LogP contribution >= 0.6 is 11.8 Å². The molecular weight excluding hydrogens is 388 g/mol. The van der Waals surface area contributed by atoms with Gasteiger partial charge in [-0.15, -0.1) is 10.2 Å². The standard InChI is InChI=1S/C21H24N4O3S/c1-13(2)12-25-19(18-6-5-11-28-18)23-24-21(25)29-15(4)20(27)22-17-9-7-16(8-10-17)14(3)26/h5-11,13,15H,12H2,1-4H3,(H,22,27). The molecule has 29 heavy (non-hydrogen) atoms. The molecule has 3 aromatic rings. The van der Waals surface area contributed by atoms with E-state index in [0.717, 1.165) is 0 Å². The molecule has 7 nitrogen and oxygen atoms in total. The van der Waals surface area contributed by atoms with Crippen molar-refractivity contribution in [2.75, 3.05) is 5.32 Å². The third-order valence-corrected chi connectivity index (χ3v) is 5.30. The van der Waals surface area contributed by atoms with Crippen molar-refractivity contribution in [3.8, 4) is 11.6 Å². The summed E-state index contributed by atoms with van der Waals surface area (Å²) in [5.74, 6) is 1.52. The number of furan rings is 1. The molecule has 0 aliphatic heterocycles. The highest BCUT2D eigenvalue weighted by molar-refractivity contribution is 8.00. The second kappa shape index (κ2) is 9.09. The number of carbonyl (C=O) groups is 2. The van der Waals surface area contributed by atoms with Crippen LogP contribution in [0.4, 0.5) is 5.69 Å². The molecular formula is C21H24N4O3S. The minimum atomic E-state index is -0.387. The van der Waals surface area contributed by atoms with Crippen LogP contribution in [-0.2, 0) is 11.3 Å². The molecule has 0 fully saturated rings. The van der Waals surface area contributed by atoms with Gasteiger partial charge in [-0.25, -0.2) is 0 Å². The highest BCUT2D eigenvalue weighted by Gasteiger charge is 2.22. The summed E-state index contributed by atoms with van der Waals surface area (Å²) in [4.78, 5) is 24.0. The number of ketones is 1. The van der Waals surface area contributed by atoms with Crippen molar-refractivity contribution in [2.45, 2.75) is 44.6 Å². The van der Waals surface area contributed by atoms with Crippen molar-refractivity contribution in [1.29, 1.82) is 0 Å². The molecule has 0 spiro atoms. The van der Waals surface area contributed by atoms with Gasteiger partial charge in [0.2, 0.25) is 5.91 Å². The van der Waals surface area contributed by atoms with Crippen LogP contribution in [-0.4, -0.2) is 31.7 Å². The van der Waals surface area contributed by atoms with E-state index in [-0.39, 0.29) is 16.9 Å². The first kappa shape index (κ1) is 20.9. The molecule has 8 heteroatoms. The molecule has 1 N–H and O–H groups in total. The first-order chi connectivity index (χ1) is 13.8. The van der Waals surface area contributed by atoms with E-state index in [1.807, 2.05) is 23.6 Å². The topological polar surface area (TPSA) is 90.0 Å². The molecule has 2 heterocycles. The zero-order chi connectivity index (χ0) is 21.0. The number of hydrogen-bond acceptors (Lipinski definition) is 6. The molecule has 1 unspecified atom stereocenters. The lowest BCUT2D eigenvalue weighted by Crippen LogP contribution is -2.23. The monoisotopic (exact) mass is 412 g/mol. The van der Waals surface area contributed by atoms with E-state index in [0.29, 0.717) is 40.5 Å². The molecule has 2 aromatic heterocycles. The summed E-state index contributed by atoms with van der Waals surface area (Å²) in [6.07, 6.45) is 1.60. The maximum atomic E-state index is 12.6. The maximum Gasteiger partial charge on any atom is 0.237 e. The van der Waals surface area contributed by atoms with Crippen LogP contribution in [0.15, 0.2) is 52.2 Å². The molecule has 0 radical (unpaired) electrons. The summed E-state index contributed by atoms with van der Waals surface area (Å²) in [6.45, 7) is 8.27. The lowest BCUT2D eigenvalue weighted by atomic mass is 10.1. The number of hydrogen-bond donors (Lipinski definition) is 1. The zero-order valence-corrected chi connectivity index (χ0v) is 17.7. The quantitative estimate of drug-likeness (QED) is 0.432. The molecule has 0 saturated heterocycles. The Hall–Kier alpha value is -2.87. The highest BCUT2D eigenvalue weighted by Crippen LogP contribution is 2.28. The van der Waals surface area contributed by atoms with Crippen molar-refractivity contribution in [2.24, 2.45) is 5.92 Å². The van der Waals surface area contributed by atoms with E-state index in [1.165, 1.54) is 18.7 Å². The summed E-state index contributed by atoms with van der Waals surface area (Å²) in [7, 11) is 0. The SMILES string of the molecule is CC(=O)c1ccc(NC(=O)C(C)Sc2nnc(-c3ccco3)n2CC(C)C)cc1. The van der Waals surface area contributed by atoms with E-state index >= 15 is 0 Å². The normalized spacial score (nSPS) is 12.2. The van der Waals surface area contributed by atoms with Gasteiger partial charge in [0.1, 0.15) is 0 Å². The second-order valence-corrected chi connectivity index (χ2v) is 8.48. The van der Waals surface area contributed by atoms with Crippen molar-refractivity contribution < 1.29 is 14.0 Å². The van der Waals surface area contributed by atoms with Gasteiger partial charge >= 0.3 is 0 Å². The molecule has 3 rings (SSSR count). The number of nitrogens with one attached hydrogen (secondary N) is 1. The largest absolute Gasteiger partial charge is 0.461 e.